The Hall–Kier alpha value is -0.980. The van der Waals surface area contributed by atoms with Crippen molar-refractivity contribution in [1.82, 2.24) is 15.0 Å². The lowest BCUT2D eigenvalue weighted by molar-refractivity contribution is 0.556. The minimum absolute atomic E-state index is 0.238. The standard InChI is InChI=1S/C13H23N3O2S/c1-4-8-14-9-12(3)19(17,18)15-10-13-7-5-6-11(2)16-13/h5-7,12,14-15H,4,8-10H2,1-3H3. The van der Waals surface area contributed by atoms with Gasteiger partial charge in [-0.15, -0.1) is 0 Å². The fourth-order valence-corrected chi connectivity index (χ4v) is 2.58. The van der Waals surface area contributed by atoms with E-state index >= 15 is 0 Å². The van der Waals surface area contributed by atoms with Crippen LogP contribution in [0.3, 0.4) is 0 Å². The van der Waals surface area contributed by atoms with Crippen LogP contribution in [0.15, 0.2) is 18.2 Å². The molecule has 1 rings (SSSR count). The molecule has 1 aromatic heterocycles. The molecule has 1 atom stereocenters. The van der Waals surface area contributed by atoms with Gasteiger partial charge in [-0.1, -0.05) is 13.0 Å². The molecule has 5 nitrogen and oxygen atoms in total. The van der Waals surface area contributed by atoms with Gasteiger partial charge in [0.05, 0.1) is 17.5 Å². The van der Waals surface area contributed by atoms with Crippen molar-refractivity contribution in [2.24, 2.45) is 0 Å². The third-order valence-electron chi connectivity index (χ3n) is 2.79. The number of hydrogen-bond donors (Lipinski definition) is 2. The highest BCUT2D eigenvalue weighted by Crippen LogP contribution is 2.01. The first-order valence-electron chi connectivity index (χ1n) is 6.57. The lowest BCUT2D eigenvalue weighted by Crippen LogP contribution is -2.39. The summed E-state index contributed by atoms with van der Waals surface area (Å²) in [6, 6.07) is 5.57. The van der Waals surface area contributed by atoms with Crippen molar-refractivity contribution < 1.29 is 8.42 Å². The van der Waals surface area contributed by atoms with E-state index in [0.29, 0.717) is 6.54 Å². The maximum absolute atomic E-state index is 12.0. The van der Waals surface area contributed by atoms with Crippen molar-refractivity contribution in [1.29, 1.82) is 0 Å². The van der Waals surface area contributed by atoms with E-state index in [1.807, 2.05) is 32.0 Å². The van der Waals surface area contributed by atoms with Crippen LogP contribution in [-0.4, -0.2) is 31.7 Å². The van der Waals surface area contributed by atoms with Gasteiger partial charge in [-0.2, -0.15) is 0 Å². The summed E-state index contributed by atoms with van der Waals surface area (Å²) in [6.07, 6.45) is 0.993. The normalized spacial score (nSPS) is 13.4. The minimum atomic E-state index is -3.30. The molecule has 0 aliphatic carbocycles. The molecule has 0 aliphatic heterocycles. The first-order valence-corrected chi connectivity index (χ1v) is 8.12. The van der Waals surface area contributed by atoms with Crippen molar-refractivity contribution >= 4 is 10.0 Å². The van der Waals surface area contributed by atoms with Gasteiger partial charge in [0.15, 0.2) is 0 Å². The SMILES string of the molecule is CCCNCC(C)S(=O)(=O)NCc1cccc(C)n1. The molecule has 19 heavy (non-hydrogen) atoms. The van der Waals surface area contributed by atoms with Gasteiger partial charge in [-0.05, 0) is 38.9 Å². The van der Waals surface area contributed by atoms with Gasteiger partial charge in [-0.25, -0.2) is 13.1 Å². The predicted molar refractivity (Wildman–Crippen MR) is 77.4 cm³/mol. The fourth-order valence-electron chi connectivity index (χ4n) is 1.61. The third-order valence-corrected chi connectivity index (χ3v) is 4.56. The zero-order valence-electron chi connectivity index (χ0n) is 11.8. The molecule has 0 fully saturated rings. The van der Waals surface area contributed by atoms with Crippen LogP contribution < -0.4 is 10.0 Å². The number of nitrogens with zero attached hydrogens (tertiary/aromatic N) is 1. The second-order valence-electron chi connectivity index (χ2n) is 4.65. The topological polar surface area (TPSA) is 71.1 Å². The lowest BCUT2D eigenvalue weighted by atomic mass is 10.3. The van der Waals surface area contributed by atoms with Gasteiger partial charge in [0.2, 0.25) is 10.0 Å². The van der Waals surface area contributed by atoms with Gasteiger partial charge < -0.3 is 5.32 Å². The van der Waals surface area contributed by atoms with Crippen molar-refractivity contribution in [3.63, 3.8) is 0 Å². The average molecular weight is 285 g/mol. The average Bonchev–Trinajstić information content (AvgIpc) is 2.37. The summed E-state index contributed by atoms with van der Waals surface area (Å²) in [4.78, 5) is 4.27. The number of hydrogen-bond acceptors (Lipinski definition) is 4. The summed E-state index contributed by atoms with van der Waals surface area (Å²) < 4.78 is 26.6. The van der Waals surface area contributed by atoms with E-state index in [4.69, 9.17) is 0 Å². The molecule has 0 saturated carbocycles. The quantitative estimate of drug-likeness (QED) is 0.704. The monoisotopic (exact) mass is 285 g/mol. The van der Waals surface area contributed by atoms with E-state index < -0.39 is 15.3 Å². The summed E-state index contributed by atoms with van der Waals surface area (Å²) in [7, 11) is -3.30. The molecule has 0 saturated heterocycles. The number of pyridine rings is 1. The molecular formula is C13H23N3O2S. The zero-order valence-corrected chi connectivity index (χ0v) is 12.6. The highest BCUT2D eigenvalue weighted by molar-refractivity contribution is 7.90. The van der Waals surface area contributed by atoms with Gasteiger partial charge >= 0.3 is 0 Å². The number of rotatable bonds is 8. The van der Waals surface area contributed by atoms with E-state index in [1.165, 1.54) is 0 Å². The molecule has 1 unspecified atom stereocenters. The molecule has 2 N–H and O–H groups in total. The van der Waals surface area contributed by atoms with Gasteiger partial charge in [0.1, 0.15) is 0 Å². The molecule has 0 aromatic carbocycles. The van der Waals surface area contributed by atoms with Gasteiger partial charge in [0.25, 0.3) is 0 Å². The molecule has 0 bridgehead atoms. The molecular weight excluding hydrogens is 262 g/mol. The van der Waals surface area contributed by atoms with E-state index in [-0.39, 0.29) is 6.54 Å². The van der Waals surface area contributed by atoms with Gasteiger partial charge in [0, 0.05) is 12.2 Å². The van der Waals surface area contributed by atoms with E-state index in [1.54, 1.807) is 6.92 Å². The maximum Gasteiger partial charge on any atom is 0.215 e. The number of nitrogens with one attached hydrogen (secondary N) is 2. The fraction of sp³-hybridized carbons (Fsp3) is 0.615. The van der Waals surface area contributed by atoms with Crippen molar-refractivity contribution in [3.05, 3.63) is 29.6 Å². The molecule has 1 aromatic rings. The number of aryl methyl sites for hydroxylation is 1. The molecule has 0 spiro atoms. The smallest absolute Gasteiger partial charge is 0.215 e. The minimum Gasteiger partial charge on any atom is -0.315 e. The first-order chi connectivity index (χ1) is 8.95. The highest BCUT2D eigenvalue weighted by Gasteiger charge is 2.19. The Morgan fingerprint density at radius 3 is 2.74 bits per heavy atom. The molecule has 108 valence electrons. The molecule has 0 amide bonds. The van der Waals surface area contributed by atoms with Crippen LogP contribution in [-0.2, 0) is 16.6 Å². The van der Waals surface area contributed by atoms with E-state index in [0.717, 1.165) is 24.4 Å². The molecule has 6 heteroatoms. The number of aromatic nitrogens is 1. The Morgan fingerprint density at radius 1 is 1.37 bits per heavy atom. The van der Waals surface area contributed by atoms with Crippen LogP contribution in [0.4, 0.5) is 0 Å². The summed E-state index contributed by atoms with van der Waals surface area (Å²) in [5, 5.41) is 2.66. The van der Waals surface area contributed by atoms with Gasteiger partial charge in [-0.3, -0.25) is 4.98 Å². The third kappa shape index (κ3) is 5.67. The second kappa shape index (κ2) is 7.57. The van der Waals surface area contributed by atoms with Crippen LogP contribution in [0.1, 0.15) is 31.7 Å². The Morgan fingerprint density at radius 2 is 2.11 bits per heavy atom. The van der Waals surface area contributed by atoms with Crippen LogP contribution in [0.25, 0.3) is 0 Å². The molecule has 1 heterocycles. The first kappa shape index (κ1) is 16.1. The lowest BCUT2D eigenvalue weighted by Gasteiger charge is -2.14. The van der Waals surface area contributed by atoms with Crippen LogP contribution >= 0.6 is 0 Å². The summed E-state index contributed by atoms with van der Waals surface area (Å²) in [6.45, 7) is 7.17. The van der Waals surface area contributed by atoms with Crippen LogP contribution in [0, 0.1) is 6.92 Å². The highest BCUT2D eigenvalue weighted by atomic mass is 32.2. The van der Waals surface area contributed by atoms with E-state index in [2.05, 4.69) is 15.0 Å². The van der Waals surface area contributed by atoms with Crippen LogP contribution in [0.5, 0.6) is 0 Å². The Labute approximate surface area is 115 Å². The molecule has 0 radical (unpaired) electrons. The van der Waals surface area contributed by atoms with E-state index in [9.17, 15) is 8.42 Å². The molecule has 0 aliphatic rings. The maximum atomic E-state index is 12.0. The number of sulfonamides is 1. The zero-order chi connectivity index (χ0) is 14.3. The predicted octanol–water partition coefficient (Wildman–Crippen LogP) is 1.20. The van der Waals surface area contributed by atoms with Crippen LogP contribution in [0.2, 0.25) is 0 Å². The Balaban J connectivity index is 2.50. The summed E-state index contributed by atoms with van der Waals surface area (Å²) >= 11 is 0. The van der Waals surface area contributed by atoms with Crippen molar-refractivity contribution in [2.75, 3.05) is 13.1 Å². The second-order valence-corrected chi connectivity index (χ2v) is 6.83. The van der Waals surface area contributed by atoms with Crippen molar-refractivity contribution in [3.8, 4) is 0 Å². The summed E-state index contributed by atoms with van der Waals surface area (Å²) in [5.41, 5.74) is 1.62. The summed E-state index contributed by atoms with van der Waals surface area (Å²) in [5.74, 6) is 0. The van der Waals surface area contributed by atoms with Crippen molar-refractivity contribution in [2.45, 2.75) is 39.0 Å². The Bertz CT molecular complexity index is 488. The largest absolute Gasteiger partial charge is 0.315 e. The Kier molecular flexibility index (Phi) is 6.41.